The first-order valence-electron chi connectivity index (χ1n) is 8.65. The average molecular weight is 262 g/mol. The molecule has 3 rings (SSSR count). The van der Waals surface area contributed by atoms with Crippen LogP contribution in [0.2, 0.25) is 0 Å². The van der Waals surface area contributed by atoms with Crippen LogP contribution in [0.4, 0.5) is 0 Å². The Kier molecular flexibility index (Phi) is 3.53. The number of hydrogen-bond donors (Lipinski definition) is 0. The van der Waals surface area contributed by atoms with Gasteiger partial charge in [0.2, 0.25) is 0 Å². The molecular weight excluding hydrogens is 230 g/mol. The summed E-state index contributed by atoms with van der Waals surface area (Å²) in [6, 6.07) is 0. The van der Waals surface area contributed by atoms with Gasteiger partial charge in [0.15, 0.2) is 0 Å². The largest absolute Gasteiger partial charge is 0.317 e. The number of piperidine rings is 1. The minimum atomic E-state index is 0.507. The second-order valence-electron chi connectivity index (χ2n) is 7.81. The van der Waals surface area contributed by atoms with Crippen molar-refractivity contribution >= 4 is 0 Å². The highest BCUT2D eigenvalue weighted by Gasteiger charge is 2.54. The molecule has 1 nitrogen and oxygen atoms in total. The van der Waals surface area contributed by atoms with Crippen LogP contribution >= 0.6 is 0 Å². The average Bonchev–Trinajstić information content (AvgIpc) is 2.87. The summed E-state index contributed by atoms with van der Waals surface area (Å²) >= 11 is 0. The van der Waals surface area contributed by atoms with E-state index in [2.05, 4.69) is 20.9 Å². The zero-order valence-corrected chi connectivity index (χ0v) is 13.3. The maximum Gasteiger partial charge on any atom is 0.118 e. The normalized spacial score (nSPS) is 42.2. The molecule has 1 saturated heterocycles. The van der Waals surface area contributed by atoms with Crippen LogP contribution in [0.15, 0.2) is 11.1 Å². The van der Waals surface area contributed by atoms with Crippen LogP contribution in [0.3, 0.4) is 0 Å². The molecule has 0 radical (unpaired) electrons. The van der Waals surface area contributed by atoms with Gasteiger partial charge in [0, 0.05) is 18.8 Å². The Bertz CT molecular complexity index is 383. The Balaban J connectivity index is 1.81. The quantitative estimate of drug-likeness (QED) is 0.512. The molecular formula is C18H32N+. The third-order valence-corrected chi connectivity index (χ3v) is 6.75. The predicted octanol–water partition coefficient (Wildman–Crippen LogP) is 4.68. The molecule has 0 saturated carbocycles. The molecule has 1 heteroatoms. The standard InChI is InChI=1S/C18H32N/c1-4-5-7-15-10-12-18(2)17-9-6-8-16(17)11-13-19(18,3)14-15/h15H,4-14H2,1-3H3/q+1/t15-,18+,19?/m0/s1. The van der Waals surface area contributed by atoms with Crippen molar-refractivity contribution in [3.05, 3.63) is 11.1 Å². The molecule has 3 atom stereocenters. The van der Waals surface area contributed by atoms with Gasteiger partial charge in [-0.05, 0) is 44.6 Å². The first-order valence-corrected chi connectivity index (χ1v) is 8.65. The van der Waals surface area contributed by atoms with E-state index >= 15 is 0 Å². The van der Waals surface area contributed by atoms with Gasteiger partial charge in [0.25, 0.3) is 0 Å². The molecule has 3 aliphatic rings. The van der Waals surface area contributed by atoms with Gasteiger partial charge in [-0.1, -0.05) is 25.3 Å². The minimum Gasteiger partial charge on any atom is -0.317 e. The lowest BCUT2D eigenvalue weighted by Gasteiger charge is -2.57. The van der Waals surface area contributed by atoms with Crippen LogP contribution in [0, 0.1) is 5.92 Å². The van der Waals surface area contributed by atoms with Gasteiger partial charge in [-0.3, -0.25) is 0 Å². The van der Waals surface area contributed by atoms with E-state index in [1.807, 2.05) is 11.1 Å². The summed E-state index contributed by atoms with van der Waals surface area (Å²) in [5, 5.41) is 0. The van der Waals surface area contributed by atoms with Crippen molar-refractivity contribution in [3.63, 3.8) is 0 Å². The SMILES string of the molecule is CCCC[C@H]1CC[C@]2(C)C3=C(CCC3)CC[N+]2(C)C1. The van der Waals surface area contributed by atoms with Crippen LogP contribution in [0.1, 0.15) is 71.6 Å². The minimum absolute atomic E-state index is 0.507. The Morgan fingerprint density at radius 1 is 1.26 bits per heavy atom. The second-order valence-corrected chi connectivity index (χ2v) is 7.81. The maximum absolute atomic E-state index is 2.60. The topological polar surface area (TPSA) is 0 Å². The van der Waals surface area contributed by atoms with Crippen molar-refractivity contribution < 1.29 is 4.48 Å². The van der Waals surface area contributed by atoms with Gasteiger partial charge < -0.3 is 4.48 Å². The Hall–Kier alpha value is -0.300. The van der Waals surface area contributed by atoms with Crippen LogP contribution in [-0.4, -0.2) is 30.2 Å². The summed E-state index contributed by atoms with van der Waals surface area (Å²) in [5.41, 5.74) is 4.27. The predicted molar refractivity (Wildman–Crippen MR) is 82.1 cm³/mol. The van der Waals surface area contributed by atoms with Crippen molar-refractivity contribution in [2.45, 2.75) is 77.2 Å². The molecule has 108 valence electrons. The number of unbranched alkanes of at least 4 members (excludes halogenated alkanes) is 1. The summed E-state index contributed by atoms with van der Waals surface area (Å²) in [6.45, 7) is 7.80. The van der Waals surface area contributed by atoms with Gasteiger partial charge in [0.05, 0.1) is 20.1 Å². The highest BCUT2D eigenvalue weighted by molar-refractivity contribution is 5.30. The van der Waals surface area contributed by atoms with Crippen molar-refractivity contribution in [1.82, 2.24) is 0 Å². The molecule has 0 aromatic carbocycles. The van der Waals surface area contributed by atoms with Gasteiger partial charge in [-0.2, -0.15) is 0 Å². The number of nitrogens with zero attached hydrogens (tertiary/aromatic N) is 1. The van der Waals surface area contributed by atoms with Crippen LogP contribution in [0.5, 0.6) is 0 Å². The van der Waals surface area contributed by atoms with Crippen molar-refractivity contribution in [2.24, 2.45) is 5.92 Å². The highest BCUT2D eigenvalue weighted by Crippen LogP contribution is 2.51. The van der Waals surface area contributed by atoms with E-state index in [0.717, 1.165) is 5.92 Å². The van der Waals surface area contributed by atoms with Crippen LogP contribution in [-0.2, 0) is 0 Å². The molecule has 1 fully saturated rings. The van der Waals surface area contributed by atoms with Gasteiger partial charge in [0.1, 0.15) is 5.54 Å². The fourth-order valence-electron chi connectivity index (χ4n) is 5.27. The first-order chi connectivity index (χ1) is 9.09. The lowest BCUT2D eigenvalue weighted by Crippen LogP contribution is -2.67. The molecule has 19 heavy (non-hydrogen) atoms. The zero-order valence-electron chi connectivity index (χ0n) is 13.3. The van der Waals surface area contributed by atoms with E-state index in [1.54, 1.807) is 0 Å². The summed E-state index contributed by atoms with van der Waals surface area (Å²) in [6.07, 6.45) is 12.9. The monoisotopic (exact) mass is 262 g/mol. The van der Waals surface area contributed by atoms with E-state index in [9.17, 15) is 0 Å². The number of likely N-dealkylation sites (N-methyl/N-ethyl adjacent to an activating group) is 1. The number of hydrogen-bond acceptors (Lipinski definition) is 0. The second kappa shape index (κ2) is 4.91. The Labute approximate surface area is 119 Å². The van der Waals surface area contributed by atoms with Crippen molar-refractivity contribution in [1.29, 1.82) is 0 Å². The van der Waals surface area contributed by atoms with Gasteiger partial charge in [-0.15, -0.1) is 0 Å². The summed E-state index contributed by atoms with van der Waals surface area (Å²) in [5.74, 6) is 1.00. The third kappa shape index (κ3) is 2.09. The highest BCUT2D eigenvalue weighted by atomic mass is 15.4. The molecule has 0 aromatic heterocycles. The first kappa shape index (κ1) is 13.7. The molecule has 2 aliphatic heterocycles. The fourth-order valence-corrected chi connectivity index (χ4v) is 5.27. The molecule has 0 aromatic rings. The Morgan fingerprint density at radius 3 is 2.89 bits per heavy atom. The Morgan fingerprint density at radius 2 is 2.11 bits per heavy atom. The molecule has 2 heterocycles. The summed E-state index contributed by atoms with van der Waals surface area (Å²) < 4.78 is 1.36. The molecule has 0 spiro atoms. The van der Waals surface area contributed by atoms with Gasteiger partial charge >= 0.3 is 0 Å². The molecule has 0 amide bonds. The molecule has 0 N–H and O–H groups in total. The van der Waals surface area contributed by atoms with Crippen molar-refractivity contribution in [2.75, 3.05) is 20.1 Å². The smallest absolute Gasteiger partial charge is 0.118 e. The van der Waals surface area contributed by atoms with E-state index in [4.69, 9.17) is 0 Å². The van der Waals surface area contributed by atoms with Crippen LogP contribution in [0.25, 0.3) is 0 Å². The van der Waals surface area contributed by atoms with Crippen LogP contribution < -0.4 is 0 Å². The number of fused-ring (bicyclic) bond motifs is 2. The van der Waals surface area contributed by atoms with E-state index in [-0.39, 0.29) is 0 Å². The van der Waals surface area contributed by atoms with E-state index in [1.165, 1.54) is 75.4 Å². The van der Waals surface area contributed by atoms with Crippen molar-refractivity contribution in [3.8, 4) is 0 Å². The number of rotatable bonds is 3. The molecule has 1 aliphatic carbocycles. The number of quaternary nitrogens is 1. The van der Waals surface area contributed by atoms with E-state index < -0.39 is 0 Å². The lowest BCUT2D eigenvalue weighted by molar-refractivity contribution is -0.961. The summed E-state index contributed by atoms with van der Waals surface area (Å²) in [7, 11) is 2.57. The third-order valence-electron chi connectivity index (χ3n) is 6.75. The zero-order chi connectivity index (χ0) is 13.5. The molecule has 0 bridgehead atoms. The van der Waals surface area contributed by atoms with E-state index in [0.29, 0.717) is 5.54 Å². The molecule has 1 unspecified atom stereocenters. The maximum atomic E-state index is 2.60. The van der Waals surface area contributed by atoms with Gasteiger partial charge in [-0.25, -0.2) is 0 Å². The summed E-state index contributed by atoms with van der Waals surface area (Å²) in [4.78, 5) is 0. The lowest BCUT2D eigenvalue weighted by atomic mass is 9.71. The fraction of sp³-hybridized carbons (Fsp3) is 0.889.